The second-order valence-electron chi connectivity index (χ2n) is 4.03. The second-order valence-corrected chi connectivity index (χ2v) is 4.03. The van der Waals surface area contributed by atoms with E-state index in [1.165, 1.54) is 12.2 Å². The van der Waals surface area contributed by atoms with E-state index in [0.29, 0.717) is 0 Å². The highest BCUT2D eigenvalue weighted by molar-refractivity contribution is 6.16. The SMILES string of the molecule is NC(=O)C1(C(=O)O)CC=CCC1(C(N)=O)C(=O)O. The molecule has 0 radical (unpaired) electrons. The lowest BCUT2D eigenvalue weighted by molar-refractivity contribution is -0.182. The molecule has 0 bridgehead atoms. The average Bonchev–Trinajstić information content (AvgIpc) is 2.27. The molecule has 0 aliphatic heterocycles. The molecule has 18 heavy (non-hydrogen) atoms. The van der Waals surface area contributed by atoms with Gasteiger partial charge in [-0.25, -0.2) is 0 Å². The van der Waals surface area contributed by atoms with Crippen LogP contribution in [0.4, 0.5) is 0 Å². The van der Waals surface area contributed by atoms with Crippen molar-refractivity contribution in [1.29, 1.82) is 0 Å². The Kier molecular flexibility index (Phi) is 3.14. The molecule has 8 nitrogen and oxygen atoms in total. The normalized spacial score (nSPS) is 30.7. The number of hydrogen-bond donors (Lipinski definition) is 4. The molecule has 0 spiro atoms. The molecular weight excluding hydrogens is 244 g/mol. The number of amides is 2. The summed E-state index contributed by atoms with van der Waals surface area (Å²) in [5, 5.41) is 18.4. The molecule has 98 valence electrons. The smallest absolute Gasteiger partial charge is 0.321 e. The van der Waals surface area contributed by atoms with Crippen LogP contribution in [0.3, 0.4) is 0 Å². The Bertz CT molecular complexity index is 397. The zero-order valence-electron chi connectivity index (χ0n) is 9.25. The van der Waals surface area contributed by atoms with E-state index < -0.39 is 47.4 Å². The van der Waals surface area contributed by atoms with Gasteiger partial charge in [-0.15, -0.1) is 0 Å². The van der Waals surface area contributed by atoms with Crippen LogP contribution in [0.15, 0.2) is 12.2 Å². The van der Waals surface area contributed by atoms with Gasteiger partial charge in [0.2, 0.25) is 11.8 Å². The molecule has 0 saturated carbocycles. The molecule has 0 saturated heterocycles. The van der Waals surface area contributed by atoms with Crippen molar-refractivity contribution in [3.05, 3.63) is 12.2 Å². The first-order valence-electron chi connectivity index (χ1n) is 4.95. The van der Waals surface area contributed by atoms with Crippen LogP contribution in [-0.4, -0.2) is 34.0 Å². The van der Waals surface area contributed by atoms with Crippen LogP contribution in [0, 0.1) is 10.8 Å². The Balaban J connectivity index is 3.68. The van der Waals surface area contributed by atoms with Crippen LogP contribution in [-0.2, 0) is 19.2 Å². The van der Waals surface area contributed by atoms with Crippen LogP contribution in [0.5, 0.6) is 0 Å². The van der Waals surface area contributed by atoms with E-state index in [-0.39, 0.29) is 0 Å². The number of carbonyl (C=O) groups excluding carboxylic acids is 2. The van der Waals surface area contributed by atoms with E-state index in [2.05, 4.69) is 0 Å². The molecule has 2 atom stereocenters. The van der Waals surface area contributed by atoms with Crippen LogP contribution in [0.25, 0.3) is 0 Å². The fraction of sp³-hybridized carbons (Fsp3) is 0.400. The summed E-state index contributed by atoms with van der Waals surface area (Å²) in [6.45, 7) is 0. The zero-order valence-corrected chi connectivity index (χ0v) is 9.25. The topological polar surface area (TPSA) is 161 Å². The zero-order chi connectivity index (χ0) is 14.1. The highest BCUT2D eigenvalue weighted by atomic mass is 16.4. The quantitative estimate of drug-likeness (QED) is 0.351. The molecule has 0 aromatic carbocycles. The molecule has 1 aliphatic rings. The molecular formula is C10H12N2O6. The maximum absolute atomic E-state index is 11.5. The van der Waals surface area contributed by atoms with Gasteiger partial charge in [0.25, 0.3) is 0 Å². The summed E-state index contributed by atoms with van der Waals surface area (Å²) in [7, 11) is 0. The summed E-state index contributed by atoms with van der Waals surface area (Å²) in [6.07, 6.45) is 1.60. The van der Waals surface area contributed by atoms with E-state index in [9.17, 15) is 29.4 Å². The molecule has 0 fully saturated rings. The fourth-order valence-electron chi connectivity index (χ4n) is 2.24. The monoisotopic (exact) mass is 256 g/mol. The highest BCUT2D eigenvalue weighted by Crippen LogP contribution is 2.48. The number of allylic oxidation sites excluding steroid dienone is 2. The van der Waals surface area contributed by atoms with Crippen LogP contribution in [0.1, 0.15) is 12.8 Å². The van der Waals surface area contributed by atoms with Crippen molar-refractivity contribution in [2.75, 3.05) is 0 Å². The minimum Gasteiger partial charge on any atom is -0.480 e. The lowest BCUT2D eigenvalue weighted by Gasteiger charge is -2.41. The number of aliphatic carboxylic acids is 2. The predicted octanol–water partition coefficient (Wildman–Crippen LogP) is -1.55. The average molecular weight is 256 g/mol. The first kappa shape index (κ1) is 13.7. The van der Waals surface area contributed by atoms with Gasteiger partial charge in [0, 0.05) is 0 Å². The van der Waals surface area contributed by atoms with E-state index >= 15 is 0 Å². The second kappa shape index (κ2) is 4.13. The third-order valence-corrected chi connectivity index (χ3v) is 3.31. The Morgan fingerprint density at radius 3 is 1.28 bits per heavy atom. The fourth-order valence-corrected chi connectivity index (χ4v) is 2.24. The Hall–Kier alpha value is -2.38. The van der Waals surface area contributed by atoms with Crippen LogP contribution < -0.4 is 11.5 Å². The first-order chi connectivity index (χ1) is 8.23. The number of carboxylic acid groups (broad SMARTS) is 2. The number of nitrogens with two attached hydrogens (primary N) is 2. The Morgan fingerprint density at radius 1 is 0.833 bits per heavy atom. The predicted molar refractivity (Wildman–Crippen MR) is 56.9 cm³/mol. The first-order valence-corrected chi connectivity index (χ1v) is 4.95. The van der Waals surface area contributed by atoms with Crippen LogP contribution in [0.2, 0.25) is 0 Å². The molecule has 2 unspecified atom stereocenters. The van der Waals surface area contributed by atoms with Gasteiger partial charge in [-0.1, -0.05) is 12.2 Å². The highest BCUT2D eigenvalue weighted by Gasteiger charge is 2.69. The van der Waals surface area contributed by atoms with Gasteiger partial charge in [0.05, 0.1) is 0 Å². The lowest BCUT2D eigenvalue weighted by atomic mass is 9.56. The van der Waals surface area contributed by atoms with E-state index in [1.54, 1.807) is 0 Å². The molecule has 1 aliphatic carbocycles. The van der Waals surface area contributed by atoms with Crippen molar-refractivity contribution >= 4 is 23.8 Å². The van der Waals surface area contributed by atoms with Crippen molar-refractivity contribution in [2.24, 2.45) is 22.3 Å². The Labute approximate surface area is 101 Å². The van der Waals surface area contributed by atoms with Gasteiger partial charge in [-0.05, 0) is 12.8 Å². The summed E-state index contributed by atoms with van der Waals surface area (Å²) < 4.78 is 0. The van der Waals surface area contributed by atoms with Crippen LogP contribution >= 0.6 is 0 Å². The van der Waals surface area contributed by atoms with Crippen molar-refractivity contribution in [3.8, 4) is 0 Å². The number of primary amides is 2. The maximum atomic E-state index is 11.5. The van der Waals surface area contributed by atoms with Gasteiger partial charge in [-0.2, -0.15) is 0 Å². The third kappa shape index (κ3) is 1.38. The molecule has 0 aromatic rings. The van der Waals surface area contributed by atoms with Gasteiger partial charge >= 0.3 is 11.9 Å². The van der Waals surface area contributed by atoms with Crippen molar-refractivity contribution < 1.29 is 29.4 Å². The third-order valence-electron chi connectivity index (χ3n) is 3.31. The summed E-state index contributed by atoms with van der Waals surface area (Å²) >= 11 is 0. The van der Waals surface area contributed by atoms with E-state index in [4.69, 9.17) is 11.5 Å². The number of carboxylic acids is 2. The molecule has 1 rings (SSSR count). The minimum absolute atomic E-state index is 0.493. The van der Waals surface area contributed by atoms with Crippen molar-refractivity contribution in [1.82, 2.24) is 0 Å². The lowest BCUT2D eigenvalue weighted by Crippen LogP contribution is -2.65. The van der Waals surface area contributed by atoms with E-state index in [1.807, 2.05) is 0 Å². The van der Waals surface area contributed by atoms with Gasteiger partial charge in [0.15, 0.2) is 10.8 Å². The summed E-state index contributed by atoms with van der Waals surface area (Å²) in [5.41, 5.74) is 4.92. The van der Waals surface area contributed by atoms with E-state index in [0.717, 1.165) is 0 Å². The van der Waals surface area contributed by atoms with Crippen molar-refractivity contribution in [3.63, 3.8) is 0 Å². The van der Waals surface area contributed by atoms with Gasteiger partial charge < -0.3 is 21.7 Å². The number of carbonyl (C=O) groups is 4. The van der Waals surface area contributed by atoms with Crippen molar-refractivity contribution in [2.45, 2.75) is 12.8 Å². The number of hydrogen-bond acceptors (Lipinski definition) is 4. The maximum Gasteiger partial charge on any atom is 0.321 e. The van der Waals surface area contributed by atoms with Gasteiger partial charge in [0.1, 0.15) is 0 Å². The number of rotatable bonds is 4. The molecule has 0 aromatic heterocycles. The largest absolute Gasteiger partial charge is 0.480 e. The standard InChI is InChI=1S/C10H12N2O6/c11-5(13)9(7(15)16)3-1-2-4-10(9,6(12)14)8(17)18/h1-2H,3-4H2,(H2,11,13)(H2,12,14)(H,15,16)(H,17,18). The molecule has 2 amide bonds. The molecule has 6 N–H and O–H groups in total. The molecule has 0 heterocycles. The summed E-state index contributed by atoms with van der Waals surface area (Å²) in [6, 6.07) is 0. The Morgan fingerprint density at radius 2 is 1.11 bits per heavy atom. The molecule has 8 heteroatoms. The minimum atomic E-state index is -2.57. The van der Waals surface area contributed by atoms with Gasteiger partial charge in [-0.3, -0.25) is 19.2 Å². The summed E-state index contributed by atoms with van der Waals surface area (Å²) in [4.78, 5) is 45.6. The summed E-state index contributed by atoms with van der Waals surface area (Å²) in [5.74, 6) is -6.36.